The van der Waals surface area contributed by atoms with E-state index >= 15 is 0 Å². The summed E-state index contributed by atoms with van der Waals surface area (Å²) in [5.41, 5.74) is 9.81. The molecule has 0 aliphatic carbocycles. The van der Waals surface area contributed by atoms with Gasteiger partial charge < -0.3 is 4.40 Å². The molecule has 4 aromatic carbocycles. The van der Waals surface area contributed by atoms with Crippen molar-refractivity contribution < 1.29 is 4.57 Å². The summed E-state index contributed by atoms with van der Waals surface area (Å²) in [6, 6.07) is 23.4. The van der Waals surface area contributed by atoms with Crippen molar-refractivity contribution in [3.63, 3.8) is 0 Å². The minimum Gasteiger partial charge on any atom is -0.307 e. The molecule has 0 amide bonds. The van der Waals surface area contributed by atoms with Gasteiger partial charge in [0.15, 0.2) is 6.20 Å². The molecule has 37 heavy (non-hydrogen) atoms. The van der Waals surface area contributed by atoms with Crippen molar-refractivity contribution in [1.82, 2.24) is 4.40 Å². The zero-order chi connectivity index (χ0) is 25.8. The Balaban J connectivity index is 1.79. The molecule has 0 unspecified atom stereocenters. The topological polar surface area (TPSA) is 8.29 Å². The number of pyridine rings is 2. The number of nitrogens with zero attached hydrogens (tertiary/aromatic N) is 2. The molecule has 7 rings (SSSR count). The average Bonchev–Trinajstić information content (AvgIpc) is 3.19. The van der Waals surface area contributed by atoms with E-state index in [1.807, 2.05) is 0 Å². The monoisotopic (exact) mass is 483 g/mol. The van der Waals surface area contributed by atoms with Gasteiger partial charge in [-0.25, -0.2) is 4.57 Å². The van der Waals surface area contributed by atoms with Gasteiger partial charge in [-0.3, -0.25) is 0 Å². The lowest BCUT2D eigenvalue weighted by atomic mass is 9.86. The van der Waals surface area contributed by atoms with Crippen LogP contribution in [0.1, 0.15) is 57.2 Å². The molecule has 0 N–H and O–H groups in total. The molecule has 2 heteroatoms. The van der Waals surface area contributed by atoms with Crippen molar-refractivity contribution in [3.05, 3.63) is 83.6 Å². The van der Waals surface area contributed by atoms with Gasteiger partial charge in [0, 0.05) is 16.8 Å². The summed E-state index contributed by atoms with van der Waals surface area (Å²) >= 11 is 0. The standard InChI is InChI=1S/C35H35N2/c1-20(2)25-9-8-10-26-27-14-13-23-15-16-36(7)34-30-21(3)28-17-22(19-35(4,5)6)11-12-24(28)18-29(30)37(32(25)26)33(27)31(23)34/h8-18,20H,19H2,1-7H3/q+1. The van der Waals surface area contributed by atoms with Crippen LogP contribution in [-0.4, -0.2) is 4.40 Å². The first-order valence-electron chi connectivity index (χ1n) is 13.6. The Morgan fingerprint density at radius 1 is 0.811 bits per heavy atom. The van der Waals surface area contributed by atoms with Crippen LogP contribution in [0.5, 0.6) is 0 Å². The van der Waals surface area contributed by atoms with E-state index in [1.165, 1.54) is 76.5 Å². The molecule has 0 aliphatic rings. The van der Waals surface area contributed by atoms with Gasteiger partial charge in [0.1, 0.15) is 7.05 Å². The second kappa shape index (κ2) is 7.44. The van der Waals surface area contributed by atoms with Crippen molar-refractivity contribution in [1.29, 1.82) is 0 Å². The Hall–Kier alpha value is -3.65. The molecule has 184 valence electrons. The fourth-order valence-electron chi connectivity index (χ4n) is 6.83. The molecule has 3 aromatic heterocycles. The molecule has 0 bridgehead atoms. The van der Waals surface area contributed by atoms with Crippen molar-refractivity contribution >= 4 is 59.8 Å². The average molecular weight is 484 g/mol. The second-order valence-corrected chi connectivity index (χ2v) is 12.6. The van der Waals surface area contributed by atoms with Gasteiger partial charge >= 0.3 is 0 Å². The summed E-state index contributed by atoms with van der Waals surface area (Å²) < 4.78 is 4.93. The maximum absolute atomic E-state index is 2.60. The quantitative estimate of drug-likeness (QED) is 0.132. The van der Waals surface area contributed by atoms with E-state index < -0.39 is 0 Å². The van der Waals surface area contributed by atoms with Crippen LogP contribution in [0.25, 0.3) is 59.8 Å². The smallest absolute Gasteiger partial charge is 0.224 e. The number of aryl methyl sites for hydroxylation is 2. The molecule has 0 saturated carbocycles. The van der Waals surface area contributed by atoms with E-state index in [-0.39, 0.29) is 5.41 Å². The molecule has 3 heterocycles. The van der Waals surface area contributed by atoms with Gasteiger partial charge in [0.25, 0.3) is 0 Å². The number of fused-ring (bicyclic) bond motifs is 7. The second-order valence-electron chi connectivity index (χ2n) is 12.6. The first kappa shape index (κ1) is 22.5. The number of benzene rings is 4. The third kappa shape index (κ3) is 3.08. The van der Waals surface area contributed by atoms with Crippen LogP contribution in [-0.2, 0) is 13.5 Å². The van der Waals surface area contributed by atoms with E-state index in [1.54, 1.807) is 0 Å². The number of para-hydroxylation sites is 1. The summed E-state index contributed by atoms with van der Waals surface area (Å²) in [6.07, 6.45) is 3.30. The molecular weight excluding hydrogens is 448 g/mol. The van der Waals surface area contributed by atoms with Gasteiger partial charge in [-0.15, -0.1) is 0 Å². The lowest BCUT2D eigenvalue weighted by Gasteiger charge is -2.19. The van der Waals surface area contributed by atoms with E-state index in [0.717, 1.165) is 6.42 Å². The van der Waals surface area contributed by atoms with Crippen LogP contribution in [0.3, 0.4) is 0 Å². The van der Waals surface area contributed by atoms with Crippen molar-refractivity contribution in [3.8, 4) is 0 Å². The van der Waals surface area contributed by atoms with Crippen LogP contribution >= 0.6 is 0 Å². The van der Waals surface area contributed by atoms with Crippen LogP contribution in [0.2, 0.25) is 0 Å². The van der Waals surface area contributed by atoms with Crippen molar-refractivity contribution in [2.45, 2.75) is 53.9 Å². The van der Waals surface area contributed by atoms with Gasteiger partial charge in [-0.1, -0.05) is 83.1 Å². The lowest BCUT2D eigenvalue weighted by Crippen LogP contribution is -2.28. The third-order valence-electron chi connectivity index (χ3n) is 8.36. The van der Waals surface area contributed by atoms with E-state index in [9.17, 15) is 0 Å². The molecule has 0 atom stereocenters. The Morgan fingerprint density at radius 3 is 2.32 bits per heavy atom. The lowest BCUT2D eigenvalue weighted by molar-refractivity contribution is -0.643. The first-order valence-corrected chi connectivity index (χ1v) is 13.6. The van der Waals surface area contributed by atoms with Crippen LogP contribution in [0.4, 0.5) is 0 Å². The van der Waals surface area contributed by atoms with Crippen LogP contribution in [0.15, 0.2) is 66.9 Å². The highest BCUT2D eigenvalue weighted by atomic mass is 15.0. The minimum atomic E-state index is 0.260. The summed E-state index contributed by atoms with van der Waals surface area (Å²) in [6.45, 7) is 13.9. The molecule has 0 radical (unpaired) electrons. The highest BCUT2D eigenvalue weighted by Crippen LogP contribution is 2.44. The SMILES string of the molecule is Cc1c2cc(CC(C)(C)C)ccc2cc2c1c1c3c(ccc4c5cccc(C(C)C)c5n2c43)cc[n+]1C. The van der Waals surface area contributed by atoms with E-state index in [4.69, 9.17) is 0 Å². The normalized spacial score (nSPS) is 13.1. The molecular formula is C35H35N2+. The third-order valence-corrected chi connectivity index (χ3v) is 8.36. The number of aromatic nitrogens is 2. The molecule has 2 nitrogen and oxygen atoms in total. The number of hydrogen-bond acceptors (Lipinski definition) is 0. The fourth-order valence-corrected chi connectivity index (χ4v) is 6.83. The summed E-state index contributed by atoms with van der Waals surface area (Å²) in [7, 11) is 2.20. The van der Waals surface area contributed by atoms with E-state index in [0.29, 0.717) is 5.92 Å². The minimum absolute atomic E-state index is 0.260. The molecule has 0 spiro atoms. The Morgan fingerprint density at radius 2 is 1.57 bits per heavy atom. The Labute approximate surface area is 218 Å². The molecule has 7 aromatic rings. The highest BCUT2D eigenvalue weighted by Gasteiger charge is 2.26. The largest absolute Gasteiger partial charge is 0.307 e. The summed E-state index contributed by atoms with van der Waals surface area (Å²) in [4.78, 5) is 0. The van der Waals surface area contributed by atoms with E-state index in [2.05, 4.69) is 124 Å². The predicted molar refractivity (Wildman–Crippen MR) is 159 cm³/mol. The maximum Gasteiger partial charge on any atom is 0.224 e. The van der Waals surface area contributed by atoms with Crippen molar-refractivity contribution in [2.24, 2.45) is 12.5 Å². The van der Waals surface area contributed by atoms with Gasteiger partial charge in [0.05, 0.1) is 27.3 Å². The van der Waals surface area contributed by atoms with Gasteiger partial charge in [0.2, 0.25) is 5.52 Å². The van der Waals surface area contributed by atoms with Crippen molar-refractivity contribution in [2.75, 3.05) is 0 Å². The fraction of sp³-hybridized carbons (Fsp3) is 0.286. The first-order chi connectivity index (χ1) is 17.6. The zero-order valence-electron chi connectivity index (χ0n) is 23.0. The summed E-state index contributed by atoms with van der Waals surface area (Å²) in [5, 5.41) is 9.43. The molecule has 0 aliphatic heterocycles. The number of hydrogen-bond donors (Lipinski definition) is 0. The predicted octanol–water partition coefficient (Wildman–Crippen LogP) is 8.99. The number of rotatable bonds is 2. The highest BCUT2D eigenvalue weighted by molar-refractivity contribution is 6.28. The zero-order valence-corrected chi connectivity index (χ0v) is 23.0. The summed E-state index contributed by atoms with van der Waals surface area (Å²) in [5.74, 6) is 0.443. The molecule has 0 saturated heterocycles. The van der Waals surface area contributed by atoms with Crippen LogP contribution in [0, 0.1) is 12.3 Å². The molecule has 0 fully saturated rings. The van der Waals surface area contributed by atoms with Crippen LogP contribution < -0.4 is 4.57 Å². The van der Waals surface area contributed by atoms with Gasteiger partial charge in [-0.05, 0) is 63.6 Å². The Bertz CT molecular complexity index is 2030. The Kier molecular flexibility index (Phi) is 4.54. The maximum atomic E-state index is 2.60. The van der Waals surface area contributed by atoms with Gasteiger partial charge in [-0.2, -0.15) is 0 Å².